The molecule has 0 bridgehead atoms. The minimum Gasteiger partial charge on any atom is -0.465 e. The molecule has 1 aromatic carbocycles. The zero-order valence-electron chi connectivity index (χ0n) is 9.90. The van der Waals surface area contributed by atoms with E-state index in [1.165, 1.54) is 12.1 Å². The first-order valence-corrected chi connectivity index (χ1v) is 5.92. The molecule has 2 atom stereocenters. The number of fused-ring (bicyclic) bond motifs is 1. The Kier molecular flexibility index (Phi) is 2.39. The van der Waals surface area contributed by atoms with E-state index in [0.717, 1.165) is 11.0 Å². The molecule has 2 fully saturated rings. The number of carboxylic acid groups (broad SMARTS) is 1. The zero-order chi connectivity index (χ0) is 13.8. The fourth-order valence-electron chi connectivity index (χ4n) is 2.99. The number of rotatable bonds is 1. The fourth-order valence-corrected chi connectivity index (χ4v) is 2.99. The lowest BCUT2D eigenvalue weighted by Gasteiger charge is -2.29. The summed E-state index contributed by atoms with van der Waals surface area (Å²) >= 11 is 0. The second-order valence-corrected chi connectivity index (χ2v) is 5.18. The Hall–Kier alpha value is -1.98. The zero-order valence-corrected chi connectivity index (χ0v) is 9.90. The van der Waals surface area contributed by atoms with Crippen molar-refractivity contribution in [2.24, 2.45) is 5.92 Å². The van der Waals surface area contributed by atoms with Crippen molar-refractivity contribution in [3.8, 4) is 0 Å². The van der Waals surface area contributed by atoms with Crippen LogP contribution < -0.4 is 0 Å². The monoisotopic (exact) mass is 267 g/mol. The molecule has 0 spiro atoms. The summed E-state index contributed by atoms with van der Waals surface area (Å²) in [6, 6.07) is 3.22. The van der Waals surface area contributed by atoms with Crippen molar-refractivity contribution < 1.29 is 23.5 Å². The number of carbonyl (C=O) groups excluding carboxylic acids is 1. The molecule has 0 radical (unpaired) electrons. The van der Waals surface area contributed by atoms with Crippen LogP contribution in [-0.4, -0.2) is 28.6 Å². The Morgan fingerprint density at radius 2 is 1.95 bits per heavy atom. The molecular formula is C13H11F2NO3. The number of amides is 2. The van der Waals surface area contributed by atoms with Crippen molar-refractivity contribution in [1.29, 1.82) is 0 Å². The van der Waals surface area contributed by atoms with Crippen molar-refractivity contribution in [2.75, 3.05) is 6.54 Å². The number of piperidine rings is 1. The molecule has 19 heavy (non-hydrogen) atoms. The van der Waals surface area contributed by atoms with Gasteiger partial charge in [0.2, 0.25) is 5.91 Å². The highest BCUT2D eigenvalue weighted by Gasteiger charge is 2.61. The van der Waals surface area contributed by atoms with Gasteiger partial charge in [-0.05, 0) is 30.0 Å². The number of nitrogens with zero attached hydrogens (tertiary/aromatic N) is 1. The van der Waals surface area contributed by atoms with E-state index in [4.69, 9.17) is 5.11 Å². The van der Waals surface area contributed by atoms with Gasteiger partial charge in [-0.3, -0.25) is 4.79 Å². The standard InChI is InChI=1S/C13H11F2NO3/c14-9-1-7(2-10(15)4-9)13-5-8(13)3-11(17)16(6-13)12(18)19/h1-2,4,8H,3,5-6H2,(H,18,19). The number of imide groups is 1. The maximum absolute atomic E-state index is 13.3. The van der Waals surface area contributed by atoms with E-state index in [9.17, 15) is 18.4 Å². The van der Waals surface area contributed by atoms with Crippen LogP contribution in [0.25, 0.3) is 0 Å². The van der Waals surface area contributed by atoms with Crippen LogP contribution >= 0.6 is 0 Å². The fraction of sp³-hybridized carbons (Fsp3) is 0.385. The van der Waals surface area contributed by atoms with Gasteiger partial charge in [0.05, 0.1) is 0 Å². The molecule has 6 heteroatoms. The number of benzene rings is 1. The summed E-state index contributed by atoms with van der Waals surface area (Å²) in [4.78, 5) is 23.3. The van der Waals surface area contributed by atoms with Crippen molar-refractivity contribution in [3.63, 3.8) is 0 Å². The maximum atomic E-state index is 13.3. The molecule has 1 N–H and O–H groups in total. The van der Waals surface area contributed by atoms with E-state index < -0.39 is 29.0 Å². The van der Waals surface area contributed by atoms with Crippen LogP contribution in [-0.2, 0) is 10.2 Å². The second kappa shape index (κ2) is 3.76. The number of hydrogen-bond donors (Lipinski definition) is 1. The van der Waals surface area contributed by atoms with Gasteiger partial charge in [-0.2, -0.15) is 0 Å². The quantitative estimate of drug-likeness (QED) is 0.848. The molecule has 1 heterocycles. The van der Waals surface area contributed by atoms with Gasteiger partial charge in [0.1, 0.15) is 11.6 Å². The van der Waals surface area contributed by atoms with E-state index in [1.54, 1.807) is 0 Å². The van der Waals surface area contributed by atoms with Crippen molar-refractivity contribution >= 4 is 12.0 Å². The SMILES string of the molecule is O=C(O)N1CC2(c3cc(F)cc(F)c3)CC2CC1=O. The van der Waals surface area contributed by atoms with Gasteiger partial charge in [0.15, 0.2) is 0 Å². The van der Waals surface area contributed by atoms with Crippen LogP contribution in [0.5, 0.6) is 0 Å². The summed E-state index contributed by atoms with van der Waals surface area (Å²) in [6.07, 6.45) is -0.609. The molecule has 1 aromatic rings. The highest BCUT2D eigenvalue weighted by Crippen LogP contribution is 2.59. The van der Waals surface area contributed by atoms with Crippen LogP contribution in [0.1, 0.15) is 18.4 Å². The Morgan fingerprint density at radius 1 is 1.32 bits per heavy atom. The minimum absolute atomic E-state index is 0.0169. The average molecular weight is 267 g/mol. The van der Waals surface area contributed by atoms with Gasteiger partial charge >= 0.3 is 6.09 Å². The Balaban J connectivity index is 1.97. The number of halogens is 2. The van der Waals surface area contributed by atoms with Gasteiger partial charge in [0.25, 0.3) is 0 Å². The molecule has 1 saturated carbocycles. The van der Waals surface area contributed by atoms with Crippen molar-refractivity contribution in [3.05, 3.63) is 35.4 Å². The highest BCUT2D eigenvalue weighted by molar-refractivity contribution is 5.93. The van der Waals surface area contributed by atoms with E-state index >= 15 is 0 Å². The molecule has 1 aliphatic carbocycles. The lowest BCUT2D eigenvalue weighted by Crippen LogP contribution is -2.45. The Morgan fingerprint density at radius 3 is 2.53 bits per heavy atom. The normalized spacial score (nSPS) is 29.1. The third-order valence-electron chi connectivity index (χ3n) is 4.06. The number of carbonyl (C=O) groups is 2. The van der Waals surface area contributed by atoms with Crippen LogP contribution in [0.15, 0.2) is 18.2 Å². The lowest BCUT2D eigenvalue weighted by molar-refractivity contribution is -0.131. The smallest absolute Gasteiger partial charge is 0.414 e. The average Bonchev–Trinajstić information content (AvgIpc) is 3.00. The summed E-state index contributed by atoms with van der Waals surface area (Å²) in [6.45, 7) is -0.0191. The van der Waals surface area contributed by atoms with Gasteiger partial charge < -0.3 is 5.11 Å². The van der Waals surface area contributed by atoms with Crippen LogP contribution in [0, 0.1) is 17.6 Å². The molecule has 0 aromatic heterocycles. The van der Waals surface area contributed by atoms with Crippen LogP contribution in [0.4, 0.5) is 13.6 Å². The van der Waals surface area contributed by atoms with Crippen molar-refractivity contribution in [1.82, 2.24) is 4.90 Å². The minimum atomic E-state index is -1.31. The predicted octanol–water partition coefficient (Wildman–Crippen LogP) is 2.13. The first-order chi connectivity index (χ1) is 8.92. The van der Waals surface area contributed by atoms with Gasteiger partial charge in [-0.1, -0.05) is 0 Å². The van der Waals surface area contributed by atoms with E-state index in [2.05, 4.69) is 0 Å². The van der Waals surface area contributed by atoms with E-state index in [1.807, 2.05) is 0 Å². The summed E-state index contributed by atoms with van der Waals surface area (Å²) in [5.74, 6) is -1.83. The summed E-state index contributed by atoms with van der Waals surface area (Å²) in [5.41, 5.74) is -0.163. The molecule has 3 rings (SSSR count). The first-order valence-electron chi connectivity index (χ1n) is 5.92. The topological polar surface area (TPSA) is 57.6 Å². The summed E-state index contributed by atoms with van der Waals surface area (Å²) < 4.78 is 26.5. The second-order valence-electron chi connectivity index (χ2n) is 5.18. The lowest BCUT2D eigenvalue weighted by atomic mass is 9.88. The molecule has 4 nitrogen and oxygen atoms in total. The van der Waals surface area contributed by atoms with Crippen LogP contribution in [0.3, 0.4) is 0 Å². The molecule has 1 saturated heterocycles. The molecule has 2 aliphatic rings. The Labute approximate surface area is 107 Å². The number of likely N-dealkylation sites (tertiary alicyclic amines) is 1. The first kappa shape index (κ1) is 12.1. The predicted molar refractivity (Wildman–Crippen MR) is 60.5 cm³/mol. The molecule has 2 amide bonds. The van der Waals surface area contributed by atoms with Gasteiger partial charge in [0, 0.05) is 24.4 Å². The Bertz CT molecular complexity index is 569. The summed E-state index contributed by atoms with van der Waals surface area (Å²) in [7, 11) is 0. The largest absolute Gasteiger partial charge is 0.465 e. The molecular weight excluding hydrogens is 256 g/mol. The van der Waals surface area contributed by atoms with E-state index in [-0.39, 0.29) is 18.9 Å². The third kappa shape index (κ3) is 1.78. The maximum Gasteiger partial charge on any atom is 0.414 e. The molecule has 100 valence electrons. The molecule has 1 aliphatic heterocycles. The van der Waals surface area contributed by atoms with Gasteiger partial charge in [-0.15, -0.1) is 0 Å². The number of hydrogen-bond acceptors (Lipinski definition) is 2. The van der Waals surface area contributed by atoms with E-state index in [0.29, 0.717) is 12.0 Å². The van der Waals surface area contributed by atoms with Crippen LogP contribution in [0.2, 0.25) is 0 Å². The van der Waals surface area contributed by atoms with Crippen molar-refractivity contribution in [2.45, 2.75) is 18.3 Å². The van der Waals surface area contributed by atoms with Gasteiger partial charge in [-0.25, -0.2) is 18.5 Å². The third-order valence-corrected chi connectivity index (χ3v) is 4.06. The molecule has 2 unspecified atom stereocenters. The summed E-state index contributed by atoms with van der Waals surface area (Å²) in [5, 5.41) is 8.97. The highest BCUT2D eigenvalue weighted by atomic mass is 19.1.